The Hall–Kier alpha value is -1.14. The van der Waals surface area contributed by atoms with Crippen LogP contribution in [0.25, 0.3) is 0 Å². The fraction of sp³-hybridized carbons (Fsp3) is 0.308. The maximum absolute atomic E-state index is 13.9. The SMILES string of the molecule is COCCn1ncc(Cl)c1C(N)c1ccc(Cl)cc1F. The number of hydrogen-bond donors (Lipinski definition) is 1. The predicted octanol–water partition coefficient (Wildman–Crippen LogP) is 3.02. The molecule has 1 unspecified atom stereocenters. The maximum Gasteiger partial charge on any atom is 0.129 e. The van der Waals surface area contributed by atoms with Crippen LogP contribution in [0.4, 0.5) is 4.39 Å². The first-order chi connectivity index (χ1) is 9.54. The number of nitrogens with two attached hydrogens (primary N) is 1. The summed E-state index contributed by atoms with van der Waals surface area (Å²) in [6.07, 6.45) is 1.49. The van der Waals surface area contributed by atoms with Crippen molar-refractivity contribution in [1.82, 2.24) is 9.78 Å². The van der Waals surface area contributed by atoms with E-state index < -0.39 is 11.9 Å². The van der Waals surface area contributed by atoms with Gasteiger partial charge in [-0.2, -0.15) is 5.10 Å². The van der Waals surface area contributed by atoms with Crippen molar-refractivity contribution >= 4 is 23.2 Å². The molecule has 1 aromatic heterocycles. The predicted molar refractivity (Wildman–Crippen MR) is 76.6 cm³/mol. The number of rotatable bonds is 5. The minimum Gasteiger partial charge on any atom is -0.383 e. The number of benzene rings is 1. The van der Waals surface area contributed by atoms with E-state index in [-0.39, 0.29) is 0 Å². The largest absolute Gasteiger partial charge is 0.383 e. The lowest BCUT2D eigenvalue weighted by atomic mass is 10.0. The fourth-order valence-corrected chi connectivity index (χ4v) is 2.36. The van der Waals surface area contributed by atoms with Gasteiger partial charge in [-0.25, -0.2) is 4.39 Å². The second kappa shape index (κ2) is 6.54. The van der Waals surface area contributed by atoms with Crippen molar-refractivity contribution in [2.45, 2.75) is 12.6 Å². The van der Waals surface area contributed by atoms with Gasteiger partial charge >= 0.3 is 0 Å². The highest BCUT2D eigenvalue weighted by Crippen LogP contribution is 2.29. The molecule has 1 heterocycles. The van der Waals surface area contributed by atoms with Crippen LogP contribution < -0.4 is 5.73 Å². The minimum atomic E-state index is -0.723. The highest BCUT2D eigenvalue weighted by atomic mass is 35.5. The molecule has 0 aliphatic rings. The van der Waals surface area contributed by atoms with Gasteiger partial charge < -0.3 is 10.5 Å². The van der Waals surface area contributed by atoms with Gasteiger partial charge in [0.05, 0.1) is 36.1 Å². The Balaban J connectivity index is 2.37. The molecule has 1 atom stereocenters. The fourth-order valence-electron chi connectivity index (χ4n) is 1.94. The van der Waals surface area contributed by atoms with E-state index in [2.05, 4.69) is 5.10 Å². The van der Waals surface area contributed by atoms with Crippen LogP contribution in [0, 0.1) is 5.82 Å². The zero-order chi connectivity index (χ0) is 14.7. The van der Waals surface area contributed by atoms with Crippen LogP contribution in [-0.4, -0.2) is 23.5 Å². The molecule has 0 fully saturated rings. The van der Waals surface area contributed by atoms with E-state index >= 15 is 0 Å². The van der Waals surface area contributed by atoms with Gasteiger partial charge in [0, 0.05) is 17.7 Å². The summed E-state index contributed by atoms with van der Waals surface area (Å²) in [7, 11) is 1.59. The van der Waals surface area contributed by atoms with Crippen molar-refractivity contribution < 1.29 is 9.13 Å². The highest BCUT2D eigenvalue weighted by molar-refractivity contribution is 6.31. The summed E-state index contributed by atoms with van der Waals surface area (Å²) in [6, 6.07) is 3.63. The van der Waals surface area contributed by atoms with E-state index in [4.69, 9.17) is 33.7 Å². The molecule has 0 amide bonds. The van der Waals surface area contributed by atoms with Gasteiger partial charge in [-0.1, -0.05) is 29.3 Å². The third-order valence-electron chi connectivity index (χ3n) is 2.93. The summed E-state index contributed by atoms with van der Waals surface area (Å²) in [5, 5.41) is 4.83. The lowest BCUT2D eigenvalue weighted by Gasteiger charge is -2.16. The van der Waals surface area contributed by atoms with Gasteiger partial charge in [-0.3, -0.25) is 4.68 Å². The van der Waals surface area contributed by atoms with Crippen LogP contribution in [0.15, 0.2) is 24.4 Å². The molecule has 0 aliphatic carbocycles. The van der Waals surface area contributed by atoms with Gasteiger partial charge in [0.25, 0.3) is 0 Å². The smallest absolute Gasteiger partial charge is 0.129 e. The number of ether oxygens (including phenoxy) is 1. The number of nitrogens with zero attached hydrogens (tertiary/aromatic N) is 2. The molecule has 7 heteroatoms. The molecule has 2 aromatic rings. The molecule has 20 heavy (non-hydrogen) atoms. The van der Waals surface area contributed by atoms with Crippen LogP contribution in [0.2, 0.25) is 10.0 Å². The van der Waals surface area contributed by atoms with E-state index in [0.29, 0.717) is 34.5 Å². The van der Waals surface area contributed by atoms with E-state index in [0.717, 1.165) is 0 Å². The molecule has 0 spiro atoms. The summed E-state index contributed by atoms with van der Waals surface area (Å²) in [5.74, 6) is -0.472. The highest BCUT2D eigenvalue weighted by Gasteiger charge is 2.21. The summed E-state index contributed by atoms with van der Waals surface area (Å²) in [6.45, 7) is 0.947. The summed E-state index contributed by atoms with van der Waals surface area (Å²) in [4.78, 5) is 0. The minimum absolute atomic E-state index is 0.315. The van der Waals surface area contributed by atoms with Crippen LogP contribution in [-0.2, 0) is 11.3 Å². The first-order valence-corrected chi connectivity index (χ1v) is 6.71. The third-order valence-corrected chi connectivity index (χ3v) is 3.46. The Morgan fingerprint density at radius 1 is 1.45 bits per heavy atom. The Morgan fingerprint density at radius 2 is 2.20 bits per heavy atom. The van der Waals surface area contributed by atoms with Gasteiger partial charge in [0.1, 0.15) is 5.82 Å². The average molecular weight is 318 g/mol. The van der Waals surface area contributed by atoms with Crippen LogP contribution in [0.5, 0.6) is 0 Å². The number of aromatic nitrogens is 2. The Kier molecular flexibility index (Phi) is 4.99. The standard InChI is InChI=1S/C13H14Cl2FN3O/c1-20-5-4-19-13(10(15)7-18-19)12(17)9-3-2-8(14)6-11(9)16/h2-3,6-7,12H,4-5,17H2,1H3. The Bertz CT molecular complexity index is 603. The average Bonchev–Trinajstić information content (AvgIpc) is 2.77. The molecular weight excluding hydrogens is 304 g/mol. The summed E-state index contributed by atoms with van der Waals surface area (Å²) >= 11 is 11.8. The normalized spacial score (nSPS) is 12.7. The topological polar surface area (TPSA) is 53.1 Å². The van der Waals surface area contributed by atoms with E-state index in [1.165, 1.54) is 12.3 Å². The monoisotopic (exact) mass is 317 g/mol. The number of halogens is 3. The molecule has 4 nitrogen and oxygen atoms in total. The maximum atomic E-state index is 13.9. The molecular formula is C13H14Cl2FN3O. The van der Waals surface area contributed by atoms with E-state index in [1.54, 1.807) is 23.9 Å². The Morgan fingerprint density at radius 3 is 2.85 bits per heavy atom. The summed E-state index contributed by atoms with van der Waals surface area (Å²) in [5.41, 5.74) is 6.98. The first kappa shape index (κ1) is 15.3. The van der Waals surface area contributed by atoms with Gasteiger partial charge in [0.2, 0.25) is 0 Å². The van der Waals surface area contributed by atoms with Crippen LogP contribution in [0.3, 0.4) is 0 Å². The molecule has 2 N–H and O–H groups in total. The van der Waals surface area contributed by atoms with Crippen molar-refractivity contribution in [1.29, 1.82) is 0 Å². The first-order valence-electron chi connectivity index (χ1n) is 5.95. The lowest BCUT2D eigenvalue weighted by molar-refractivity contribution is 0.182. The molecule has 0 aliphatic heterocycles. The van der Waals surface area contributed by atoms with E-state index in [9.17, 15) is 4.39 Å². The second-order valence-corrected chi connectivity index (χ2v) is 5.08. The van der Waals surface area contributed by atoms with Crippen molar-refractivity contribution in [3.8, 4) is 0 Å². The van der Waals surface area contributed by atoms with Crippen LogP contribution >= 0.6 is 23.2 Å². The van der Waals surface area contributed by atoms with Gasteiger partial charge in [-0.15, -0.1) is 0 Å². The van der Waals surface area contributed by atoms with Crippen molar-refractivity contribution in [2.24, 2.45) is 5.73 Å². The molecule has 1 aromatic carbocycles. The van der Waals surface area contributed by atoms with Crippen molar-refractivity contribution in [2.75, 3.05) is 13.7 Å². The molecule has 0 saturated heterocycles. The summed E-state index contributed by atoms with van der Waals surface area (Å²) < 4.78 is 20.6. The molecule has 2 rings (SSSR count). The lowest BCUT2D eigenvalue weighted by Crippen LogP contribution is -2.20. The van der Waals surface area contributed by atoms with Gasteiger partial charge in [-0.05, 0) is 12.1 Å². The molecule has 0 radical (unpaired) electrons. The quantitative estimate of drug-likeness (QED) is 0.922. The molecule has 108 valence electrons. The number of hydrogen-bond acceptors (Lipinski definition) is 3. The molecule has 0 saturated carbocycles. The molecule has 0 bridgehead atoms. The van der Waals surface area contributed by atoms with Crippen molar-refractivity contribution in [3.05, 3.63) is 51.5 Å². The van der Waals surface area contributed by atoms with E-state index in [1.807, 2.05) is 0 Å². The van der Waals surface area contributed by atoms with Gasteiger partial charge in [0.15, 0.2) is 0 Å². The second-order valence-electron chi connectivity index (χ2n) is 4.24. The number of methoxy groups -OCH3 is 1. The van der Waals surface area contributed by atoms with Crippen molar-refractivity contribution in [3.63, 3.8) is 0 Å². The van der Waals surface area contributed by atoms with Crippen LogP contribution in [0.1, 0.15) is 17.3 Å². The third kappa shape index (κ3) is 3.12. The zero-order valence-electron chi connectivity index (χ0n) is 10.8. The zero-order valence-corrected chi connectivity index (χ0v) is 12.3. The Labute approximate surface area is 126 Å².